The molecule has 0 aliphatic rings. The number of rotatable bonds is 8. The lowest BCUT2D eigenvalue weighted by Gasteiger charge is -2.17. The Morgan fingerprint density at radius 2 is 1.91 bits per heavy atom. The molecule has 0 bridgehead atoms. The molecular formula is C17H23NO5. The van der Waals surface area contributed by atoms with Crippen LogP contribution in [0.5, 0.6) is 5.75 Å². The SMILES string of the molecule is COc1ccc(C(C)=O)cc1CC(=O)N[C@@H](CC(C)C)C(=O)O. The van der Waals surface area contributed by atoms with Crippen molar-refractivity contribution in [3.05, 3.63) is 29.3 Å². The molecule has 126 valence electrons. The molecule has 0 radical (unpaired) electrons. The Balaban J connectivity index is 2.89. The first kappa shape index (κ1) is 18.7. The van der Waals surface area contributed by atoms with Crippen LogP contribution in [-0.2, 0) is 16.0 Å². The maximum atomic E-state index is 12.1. The fraction of sp³-hybridized carbons (Fsp3) is 0.471. The van der Waals surface area contributed by atoms with Crippen LogP contribution in [-0.4, -0.2) is 35.9 Å². The molecular weight excluding hydrogens is 298 g/mol. The Morgan fingerprint density at radius 3 is 2.39 bits per heavy atom. The Morgan fingerprint density at radius 1 is 1.26 bits per heavy atom. The number of aliphatic carboxylic acids is 1. The summed E-state index contributed by atoms with van der Waals surface area (Å²) in [6.07, 6.45) is 0.303. The predicted molar refractivity (Wildman–Crippen MR) is 85.7 cm³/mol. The lowest BCUT2D eigenvalue weighted by atomic mass is 10.0. The van der Waals surface area contributed by atoms with Gasteiger partial charge in [-0.05, 0) is 37.5 Å². The molecule has 0 spiro atoms. The Labute approximate surface area is 135 Å². The third-order valence-corrected chi connectivity index (χ3v) is 3.38. The summed E-state index contributed by atoms with van der Waals surface area (Å²) in [6.45, 7) is 5.22. The second-order valence-electron chi connectivity index (χ2n) is 5.85. The van der Waals surface area contributed by atoms with Crippen molar-refractivity contribution in [1.29, 1.82) is 0 Å². The van der Waals surface area contributed by atoms with E-state index in [1.54, 1.807) is 18.2 Å². The van der Waals surface area contributed by atoms with Crippen LogP contribution in [0.25, 0.3) is 0 Å². The van der Waals surface area contributed by atoms with Gasteiger partial charge in [0.1, 0.15) is 11.8 Å². The highest BCUT2D eigenvalue weighted by molar-refractivity contribution is 5.95. The highest BCUT2D eigenvalue weighted by Gasteiger charge is 2.22. The van der Waals surface area contributed by atoms with Gasteiger partial charge in [0.2, 0.25) is 5.91 Å². The van der Waals surface area contributed by atoms with Gasteiger partial charge in [0.15, 0.2) is 5.78 Å². The maximum Gasteiger partial charge on any atom is 0.326 e. The summed E-state index contributed by atoms with van der Waals surface area (Å²) in [4.78, 5) is 34.8. The topological polar surface area (TPSA) is 92.7 Å². The minimum atomic E-state index is -1.06. The molecule has 1 atom stereocenters. The molecule has 2 N–H and O–H groups in total. The number of methoxy groups -OCH3 is 1. The van der Waals surface area contributed by atoms with Crippen LogP contribution in [0.4, 0.5) is 0 Å². The largest absolute Gasteiger partial charge is 0.496 e. The zero-order valence-corrected chi connectivity index (χ0v) is 13.9. The fourth-order valence-corrected chi connectivity index (χ4v) is 2.25. The van der Waals surface area contributed by atoms with Gasteiger partial charge in [-0.25, -0.2) is 4.79 Å². The monoisotopic (exact) mass is 321 g/mol. The minimum Gasteiger partial charge on any atom is -0.496 e. The molecule has 0 fully saturated rings. The number of carboxylic acids is 1. The summed E-state index contributed by atoms with van der Waals surface area (Å²) < 4.78 is 5.19. The minimum absolute atomic E-state index is 0.0494. The van der Waals surface area contributed by atoms with E-state index < -0.39 is 17.9 Å². The van der Waals surface area contributed by atoms with Crippen molar-refractivity contribution in [3.63, 3.8) is 0 Å². The average Bonchev–Trinajstić information content (AvgIpc) is 2.45. The van der Waals surface area contributed by atoms with E-state index in [-0.39, 0.29) is 18.1 Å². The van der Waals surface area contributed by atoms with E-state index in [4.69, 9.17) is 4.74 Å². The number of benzene rings is 1. The first-order valence-corrected chi connectivity index (χ1v) is 7.44. The Kier molecular flexibility index (Phi) is 6.75. The van der Waals surface area contributed by atoms with Gasteiger partial charge in [-0.1, -0.05) is 13.8 Å². The lowest BCUT2D eigenvalue weighted by Crippen LogP contribution is -2.42. The zero-order chi connectivity index (χ0) is 17.6. The molecule has 0 unspecified atom stereocenters. The first-order valence-electron chi connectivity index (χ1n) is 7.44. The van der Waals surface area contributed by atoms with Crippen molar-refractivity contribution >= 4 is 17.7 Å². The Hall–Kier alpha value is -2.37. The van der Waals surface area contributed by atoms with Crippen LogP contribution in [0.1, 0.15) is 43.1 Å². The molecule has 1 rings (SSSR count). The number of hydrogen-bond donors (Lipinski definition) is 2. The number of carbonyl (C=O) groups is 3. The van der Waals surface area contributed by atoms with Gasteiger partial charge in [-0.15, -0.1) is 0 Å². The summed E-state index contributed by atoms with van der Waals surface area (Å²) in [7, 11) is 1.48. The van der Waals surface area contributed by atoms with Gasteiger partial charge in [0.25, 0.3) is 0 Å². The number of hydrogen-bond acceptors (Lipinski definition) is 4. The van der Waals surface area contributed by atoms with Crippen molar-refractivity contribution < 1.29 is 24.2 Å². The molecule has 23 heavy (non-hydrogen) atoms. The summed E-state index contributed by atoms with van der Waals surface area (Å²) in [6, 6.07) is 3.92. The van der Waals surface area contributed by atoms with E-state index in [9.17, 15) is 19.5 Å². The van der Waals surface area contributed by atoms with Crippen LogP contribution >= 0.6 is 0 Å². The maximum absolute atomic E-state index is 12.1. The van der Waals surface area contributed by atoms with Crippen molar-refractivity contribution in [2.75, 3.05) is 7.11 Å². The van der Waals surface area contributed by atoms with Crippen LogP contribution in [0.2, 0.25) is 0 Å². The molecule has 0 aliphatic carbocycles. The quantitative estimate of drug-likeness (QED) is 0.715. The lowest BCUT2D eigenvalue weighted by molar-refractivity contribution is -0.142. The number of amides is 1. The van der Waals surface area contributed by atoms with Crippen LogP contribution in [0.3, 0.4) is 0 Å². The number of carboxylic acid groups (broad SMARTS) is 1. The van der Waals surface area contributed by atoms with E-state index in [2.05, 4.69) is 5.32 Å². The normalized spacial score (nSPS) is 11.9. The summed E-state index contributed by atoms with van der Waals surface area (Å²) in [5.74, 6) is -0.959. The van der Waals surface area contributed by atoms with Gasteiger partial charge < -0.3 is 15.2 Å². The van der Waals surface area contributed by atoms with Gasteiger partial charge in [0.05, 0.1) is 13.5 Å². The number of ketones is 1. The molecule has 0 aliphatic heterocycles. The number of nitrogens with one attached hydrogen (secondary N) is 1. The van der Waals surface area contributed by atoms with E-state index in [0.29, 0.717) is 23.3 Å². The number of carbonyl (C=O) groups excluding carboxylic acids is 2. The first-order chi connectivity index (χ1) is 10.7. The highest BCUT2D eigenvalue weighted by Crippen LogP contribution is 2.21. The third kappa shape index (κ3) is 5.73. The van der Waals surface area contributed by atoms with Gasteiger partial charge in [0, 0.05) is 11.1 Å². The molecule has 1 aromatic rings. The molecule has 0 aromatic heterocycles. The average molecular weight is 321 g/mol. The second kappa shape index (κ2) is 8.31. The van der Waals surface area contributed by atoms with E-state index >= 15 is 0 Å². The molecule has 1 aromatic carbocycles. The number of Topliss-reactive ketones (excluding diaryl/α,β-unsaturated/α-hetero) is 1. The third-order valence-electron chi connectivity index (χ3n) is 3.38. The molecule has 0 heterocycles. The van der Waals surface area contributed by atoms with Crippen LogP contribution < -0.4 is 10.1 Å². The predicted octanol–water partition coefficient (Wildman–Crippen LogP) is 2.06. The molecule has 6 heteroatoms. The number of ether oxygens (including phenoxy) is 1. The fourth-order valence-electron chi connectivity index (χ4n) is 2.25. The van der Waals surface area contributed by atoms with Crippen LogP contribution in [0, 0.1) is 5.92 Å². The summed E-state index contributed by atoms with van der Waals surface area (Å²) >= 11 is 0. The second-order valence-corrected chi connectivity index (χ2v) is 5.85. The smallest absolute Gasteiger partial charge is 0.326 e. The van der Waals surface area contributed by atoms with E-state index in [1.807, 2.05) is 13.8 Å². The highest BCUT2D eigenvalue weighted by atomic mass is 16.5. The van der Waals surface area contributed by atoms with E-state index in [0.717, 1.165) is 0 Å². The molecule has 1 amide bonds. The van der Waals surface area contributed by atoms with E-state index in [1.165, 1.54) is 14.0 Å². The molecule has 0 saturated heterocycles. The van der Waals surface area contributed by atoms with Crippen molar-refractivity contribution in [3.8, 4) is 5.75 Å². The molecule has 6 nitrogen and oxygen atoms in total. The van der Waals surface area contributed by atoms with Crippen molar-refractivity contribution in [2.24, 2.45) is 5.92 Å². The summed E-state index contributed by atoms with van der Waals surface area (Å²) in [5.41, 5.74) is 1.02. The van der Waals surface area contributed by atoms with Crippen LogP contribution in [0.15, 0.2) is 18.2 Å². The van der Waals surface area contributed by atoms with Gasteiger partial charge in [-0.3, -0.25) is 9.59 Å². The van der Waals surface area contributed by atoms with Crippen molar-refractivity contribution in [2.45, 2.75) is 39.7 Å². The van der Waals surface area contributed by atoms with Gasteiger partial charge >= 0.3 is 5.97 Å². The standard InChI is InChI=1S/C17H23NO5/c1-10(2)7-14(17(21)22)18-16(20)9-13-8-12(11(3)19)5-6-15(13)23-4/h5-6,8,10,14H,7,9H2,1-4H3,(H,18,20)(H,21,22)/t14-/m0/s1. The van der Waals surface area contributed by atoms with Crippen molar-refractivity contribution in [1.82, 2.24) is 5.32 Å². The Bertz CT molecular complexity index is 595. The molecule has 0 saturated carbocycles. The summed E-state index contributed by atoms with van der Waals surface area (Å²) in [5, 5.41) is 11.7. The van der Waals surface area contributed by atoms with Gasteiger partial charge in [-0.2, -0.15) is 0 Å². The zero-order valence-electron chi connectivity index (χ0n) is 13.9.